The van der Waals surface area contributed by atoms with Gasteiger partial charge in [-0.3, -0.25) is 9.97 Å². The maximum Gasteiger partial charge on any atom is 0.114 e. The SMILES string of the molecule is Cc1ccc(C)c(Cn2c(Cc3ccncc3)nc3ccc(-c4ccncc4)cc32)c1. The van der Waals surface area contributed by atoms with Gasteiger partial charge in [0.1, 0.15) is 5.82 Å². The number of aryl methyl sites for hydroxylation is 2. The number of rotatable bonds is 5. The zero-order valence-corrected chi connectivity index (χ0v) is 17.8. The number of hydrogen-bond acceptors (Lipinski definition) is 3. The second-order valence-electron chi connectivity index (χ2n) is 8.02. The molecule has 0 atom stereocenters. The number of hydrogen-bond donors (Lipinski definition) is 0. The van der Waals surface area contributed by atoms with Gasteiger partial charge in [0.15, 0.2) is 0 Å². The molecule has 0 aliphatic heterocycles. The summed E-state index contributed by atoms with van der Waals surface area (Å²) in [6.45, 7) is 5.12. The van der Waals surface area contributed by atoms with Gasteiger partial charge in [-0.05, 0) is 78.1 Å². The first-order valence-electron chi connectivity index (χ1n) is 10.5. The van der Waals surface area contributed by atoms with Crippen LogP contribution in [-0.4, -0.2) is 19.5 Å². The van der Waals surface area contributed by atoms with Gasteiger partial charge in [-0.15, -0.1) is 0 Å². The first kappa shape index (κ1) is 19.2. The van der Waals surface area contributed by atoms with E-state index in [9.17, 15) is 0 Å². The summed E-state index contributed by atoms with van der Waals surface area (Å²) >= 11 is 0. The number of imidazole rings is 1. The van der Waals surface area contributed by atoms with Gasteiger partial charge in [0.05, 0.1) is 11.0 Å². The van der Waals surface area contributed by atoms with Crippen molar-refractivity contribution in [2.24, 2.45) is 0 Å². The van der Waals surface area contributed by atoms with Crippen LogP contribution in [0.25, 0.3) is 22.2 Å². The quantitative estimate of drug-likeness (QED) is 0.375. The van der Waals surface area contributed by atoms with Crippen LogP contribution >= 0.6 is 0 Å². The maximum absolute atomic E-state index is 5.02. The molecule has 0 amide bonds. The van der Waals surface area contributed by atoms with E-state index >= 15 is 0 Å². The summed E-state index contributed by atoms with van der Waals surface area (Å²) in [5, 5.41) is 0. The molecule has 0 saturated carbocycles. The molecule has 5 aromatic rings. The summed E-state index contributed by atoms with van der Waals surface area (Å²) in [5.41, 5.74) is 9.61. The fourth-order valence-electron chi connectivity index (χ4n) is 4.03. The molecule has 5 rings (SSSR count). The summed E-state index contributed by atoms with van der Waals surface area (Å²) in [6.07, 6.45) is 8.12. The van der Waals surface area contributed by atoms with Crippen molar-refractivity contribution in [3.8, 4) is 11.1 Å². The van der Waals surface area contributed by atoms with Gasteiger partial charge in [0.2, 0.25) is 0 Å². The minimum atomic E-state index is 0.770. The van der Waals surface area contributed by atoms with Crippen molar-refractivity contribution in [2.45, 2.75) is 26.8 Å². The van der Waals surface area contributed by atoms with Crippen LogP contribution < -0.4 is 0 Å². The van der Waals surface area contributed by atoms with Gasteiger partial charge < -0.3 is 4.57 Å². The topological polar surface area (TPSA) is 43.6 Å². The second-order valence-corrected chi connectivity index (χ2v) is 8.02. The van der Waals surface area contributed by atoms with Crippen molar-refractivity contribution in [2.75, 3.05) is 0 Å². The average Bonchev–Trinajstić information content (AvgIpc) is 3.13. The minimum Gasteiger partial charge on any atom is -0.323 e. The largest absolute Gasteiger partial charge is 0.323 e. The molecule has 0 spiro atoms. The minimum absolute atomic E-state index is 0.770. The van der Waals surface area contributed by atoms with Crippen molar-refractivity contribution >= 4 is 11.0 Å². The van der Waals surface area contributed by atoms with Crippen LogP contribution in [0.15, 0.2) is 85.5 Å². The Hall–Kier alpha value is -3.79. The molecule has 4 nitrogen and oxygen atoms in total. The van der Waals surface area contributed by atoms with Crippen LogP contribution in [0.5, 0.6) is 0 Å². The van der Waals surface area contributed by atoms with Gasteiger partial charge >= 0.3 is 0 Å². The number of benzene rings is 2. The lowest BCUT2D eigenvalue weighted by molar-refractivity contribution is 0.758. The van der Waals surface area contributed by atoms with Crippen molar-refractivity contribution in [1.29, 1.82) is 0 Å². The summed E-state index contributed by atoms with van der Waals surface area (Å²) in [6, 6.07) is 21.4. The molecule has 0 bridgehead atoms. The number of pyridine rings is 2. The van der Waals surface area contributed by atoms with E-state index in [1.165, 1.54) is 27.8 Å². The average molecular weight is 405 g/mol. The molecule has 0 fully saturated rings. The lowest BCUT2D eigenvalue weighted by atomic mass is 10.0. The molecule has 0 saturated heterocycles. The van der Waals surface area contributed by atoms with Gasteiger partial charge in [-0.1, -0.05) is 29.8 Å². The van der Waals surface area contributed by atoms with Gasteiger partial charge in [-0.25, -0.2) is 4.98 Å². The van der Waals surface area contributed by atoms with Crippen molar-refractivity contribution in [3.63, 3.8) is 0 Å². The maximum atomic E-state index is 5.02. The highest BCUT2D eigenvalue weighted by Crippen LogP contribution is 2.27. The first-order valence-corrected chi connectivity index (χ1v) is 10.5. The van der Waals surface area contributed by atoms with E-state index in [4.69, 9.17) is 4.98 Å². The Morgan fingerprint density at radius 3 is 2.26 bits per heavy atom. The number of fused-ring (bicyclic) bond motifs is 1. The highest BCUT2D eigenvalue weighted by Gasteiger charge is 2.14. The molecule has 0 aliphatic carbocycles. The zero-order chi connectivity index (χ0) is 21.2. The predicted octanol–water partition coefficient (Wildman–Crippen LogP) is 5.75. The Morgan fingerprint density at radius 2 is 1.48 bits per heavy atom. The zero-order valence-electron chi connectivity index (χ0n) is 17.8. The van der Waals surface area contributed by atoms with E-state index in [1.54, 1.807) is 0 Å². The third-order valence-electron chi connectivity index (χ3n) is 5.79. The fraction of sp³-hybridized carbons (Fsp3) is 0.148. The third-order valence-corrected chi connectivity index (χ3v) is 5.79. The lowest BCUT2D eigenvalue weighted by Crippen LogP contribution is -2.07. The van der Waals surface area contributed by atoms with Gasteiger partial charge in [-0.2, -0.15) is 0 Å². The summed E-state index contributed by atoms with van der Waals surface area (Å²) in [5.74, 6) is 1.06. The third kappa shape index (κ3) is 3.97. The molecule has 31 heavy (non-hydrogen) atoms. The first-order chi connectivity index (χ1) is 15.2. The normalized spacial score (nSPS) is 11.2. The molecule has 0 aliphatic rings. The summed E-state index contributed by atoms with van der Waals surface area (Å²) in [4.78, 5) is 13.3. The van der Waals surface area contributed by atoms with Crippen LogP contribution in [0, 0.1) is 13.8 Å². The number of nitrogens with zero attached hydrogens (tertiary/aromatic N) is 4. The summed E-state index contributed by atoms with van der Waals surface area (Å²) < 4.78 is 2.36. The van der Waals surface area contributed by atoms with Crippen LogP contribution in [0.2, 0.25) is 0 Å². The van der Waals surface area contributed by atoms with Crippen LogP contribution in [0.4, 0.5) is 0 Å². The smallest absolute Gasteiger partial charge is 0.114 e. The molecule has 3 aromatic heterocycles. The Morgan fingerprint density at radius 1 is 0.742 bits per heavy atom. The Kier molecular flexibility index (Phi) is 5.04. The summed E-state index contributed by atoms with van der Waals surface area (Å²) in [7, 11) is 0. The molecule has 0 unspecified atom stereocenters. The molecule has 3 heterocycles. The molecular formula is C27H24N4. The van der Waals surface area contributed by atoms with Crippen LogP contribution in [-0.2, 0) is 13.0 Å². The Bertz CT molecular complexity index is 1340. The highest BCUT2D eigenvalue weighted by molar-refractivity contribution is 5.83. The van der Waals surface area contributed by atoms with E-state index in [-0.39, 0.29) is 0 Å². The van der Waals surface area contributed by atoms with E-state index in [1.807, 2.05) is 36.9 Å². The molecule has 4 heteroatoms. The van der Waals surface area contributed by atoms with Crippen molar-refractivity contribution in [3.05, 3.63) is 114 Å². The van der Waals surface area contributed by atoms with Gasteiger partial charge in [0, 0.05) is 37.8 Å². The predicted molar refractivity (Wildman–Crippen MR) is 125 cm³/mol. The van der Waals surface area contributed by atoms with E-state index in [0.717, 1.165) is 35.4 Å². The second kappa shape index (κ2) is 8.15. The molecule has 0 N–H and O–H groups in total. The van der Waals surface area contributed by atoms with E-state index < -0.39 is 0 Å². The molecular weight excluding hydrogens is 380 g/mol. The number of aromatic nitrogens is 4. The standard InChI is InChI=1S/C27H24N4/c1-19-3-4-20(2)24(15-19)18-31-26-17-23(22-9-13-29-14-10-22)5-6-25(26)30-27(31)16-21-7-11-28-12-8-21/h3-15,17H,16,18H2,1-2H3. The van der Waals surface area contributed by atoms with E-state index in [2.05, 4.69) is 76.9 Å². The van der Waals surface area contributed by atoms with Crippen LogP contribution in [0.1, 0.15) is 28.1 Å². The van der Waals surface area contributed by atoms with E-state index in [0.29, 0.717) is 0 Å². The highest BCUT2D eigenvalue weighted by atomic mass is 15.1. The molecule has 152 valence electrons. The fourth-order valence-corrected chi connectivity index (χ4v) is 4.03. The van der Waals surface area contributed by atoms with Crippen molar-refractivity contribution in [1.82, 2.24) is 19.5 Å². The lowest BCUT2D eigenvalue weighted by Gasteiger charge is -2.13. The molecule has 0 radical (unpaired) electrons. The Labute approximate surface area is 182 Å². The van der Waals surface area contributed by atoms with Crippen LogP contribution in [0.3, 0.4) is 0 Å². The van der Waals surface area contributed by atoms with Gasteiger partial charge in [0.25, 0.3) is 0 Å². The van der Waals surface area contributed by atoms with Crippen molar-refractivity contribution < 1.29 is 0 Å². The Balaban J connectivity index is 1.65. The monoisotopic (exact) mass is 404 g/mol. The molecule has 2 aromatic carbocycles.